The van der Waals surface area contributed by atoms with Gasteiger partial charge in [-0.2, -0.15) is 0 Å². The number of primary amides is 1. The lowest BCUT2D eigenvalue weighted by Gasteiger charge is -2.09. The van der Waals surface area contributed by atoms with Crippen molar-refractivity contribution >= 4 is 34.9 Å². The van der Waals surface area contributed by atoms with E-state index in [2.05, 4.69) is 20.6 Å². The van der Waals surface area contributed by atoms with Crippen LogP contribution in [0.2, 0.25) is 5.02 Å². The van der Waals surface area contributed by atoms with Crippen LogP contribution in [-0.2, 0) is 6.61 Å². The van der Waals surface area contributed by atoms with Gasteiger partial charge in [-0.05, 0) is 54.6 Å². The number of halogens is 1. The van der Waals surface area contributed by atoms with E-state index in [-0.39, 0.29) is 18.3 Å². The molecule has 4 N–H and O–H groups in total. The molecule has 0 unspecified atom stereocenters. The van der Waals surface area contributed by atoms with Gasteiger partial charge in [0, 0.05) is 16.4 Å². The molecule has 28 heavy (non-hydrogen) atoms. The number of anilines is 2. The Labute approximate surface area is 165 Å². The number of hydrogen-bond donors (Lipinski definition) is 3. The predicted molar refractivity (Wildman–Crippen MR) is 105 cm³/mol. The molecule has 3 amide bonds. The Morgan fingerprint density at radius 3 is 2.18 bits per heavy atom. The summed E-state index contributed by atoms with van der Waals surface area (Å²) in [4.78, 5) is 30.9. The largest absolute Gasteiger partial charge is 0.487 e. The molecule has 0 aliphatic rings. The smallest absolute Gasteiger partial charge is 0.323 e. The van der Waals surface area contributed by atoms with E-state index >= 15 is 0 Å². The van der Waals surface area contributed by atoms with E-state index in [1.54, 1.807) is 48.5 Å². The number of rotatable bonds is 6. The Morgan fingerprint density at radius 2 is 1.57 bits per heavy atom. The Kier molecular flexibility index (Phi) is 6.03. The maximum Gasteiger partial charge on any atom is 0.323 e. The SMILES string of the molecule is NC(=O)c1cc(COc2ccc(NC(=O)Nc3ccc(Cl)cc3)cc2)ncn1. The fraction of sp³-hybridized carbons (Fsp3) is 0.0526. The van der Waals surface area contributed by atoms with Gasteiger partial charge in [0.2, 0.25) is 0 Å². The lowest BCUT2D eigenvalue weighted by atomic mass is 10.3. The summed E-state index contributed by atoms with van der Waals surface area (Å²) in [6.45, 7) is 0.145. The monoisotopic (exact) mass is 397 g/mol. The molecule has 0 aliphatic heterocycles. The van der Waals surface area contributed by atoms with Gasteiger partial charge in [-0.1, -0.05) is 11.6 Å². The second kappa shape index (κ2) is 8.83. The standard InChI is InChI=1S/C19H16ClN5O3/c20-12-1-3-13(4-2-12)24-19(27)25-14-5-7-16(8-6-14)28-10-15-9-17(18(21)26)23-11-22-15/h1-9,11H,10H2,(H2,21,26)(H2,24,25,27). The number of nitrogens with zero attached hydrogens (tertiary/aromatic N) is 2. The minimum atomic E-state index is -0.629. The third-order valence-electron chi connectivity index (χ3n) is 3.58. The van der Waals surface area contributed by atoms with Crippen LogP contribution in [0.15, 0.2) is 60.9 Å². The molecule has 142 valence electrons. The van der Waals surface area contributed by atoms with E-state index in [1.807, 2.05) is 0 Å². The molecule has 3 aromatic rings. The highest BCUT2D eigenvalue weighted by Crippen LogP contribution is 2.18. The van der Waals surface area contributed by atoms with Crippen molar-refractivity contribution in [2.24, 2.45) is 5.73 Å². The van der Waals surface area contributed by atoms with E-state index in [4.69, 9.17) is 22.1 Å². The highest BCUT2D eigenvalue weighted by atomic mass is 35.5. The Morgan fingerprint density at radius 1 is 0.964 bits per heavy atom. The number of aromatic nitrogens is 2. The molecule has 0 saturated heterocycles. The van der Waals surface area contributed by atoms with Gasteiger partial charge in [-0.15, -0.1) is 0 Å². The first-order valence-electron chi connectivity index (χ1n) is 8.17. The van der Waals surface area contributed by atoms with Gasteiger partial charge in [0.05, 0.1) is 5.69 Å². The number of carbonyl (C=O) groups excluding carboxylic acids is 2. The number of nitrogens with two attached hydrogens (primary N) is 1. The number of benzene rings is 2. The number of ether oxygens (including phenoxy) is 1. The molecule has 0 aliphatic carbocycles. The summed E-state index contributed by atoms with van der Waals surface area (Å²) in [5.41, 5.74) is 7.05. The average molecular weight is 398 g/mol. The molecule has 0 bridgehead atoms. The summed E-state index contributed by atoms with van der Waals surface area (Å²) in [6.07, 6.45) is 1.26. The maximum absolute atomic E-state index is 12.0. The average Bonchev–Trinajstić information content (AvgIpc) is 2.69. The minimum Gasteiger partial charge on any atom is -0.487 e. The Balaban J connectivity index is 1.53. The molecule has 0 saturated carbocycles. The van der Waals surface area contributed by atoms with Crippen LogP contribution < -0.4 is 21.1 Å². The first kappa shape index (κ1) is 19.1. The Bertz CT molecular complexity index is 978. The number of nitrogens with one attached hydrogen (secondary N) is 2. The van der Waals surface area contributed by atoms with E-state index in [0.717, 1.165) is 0 Å². The van der Waals surface area contributed by atoms with Crippen molar-refractivity contribution in [2.75, 3.05) is 10.6 Å². The van der Waals surface area contributed by atoms with Gasteiger partial charge in [0.15, 0.2) is 0 Å². The molecule has 1 heterocycles. The molecule has 2 aromatic carbocycles. The van der Waals surface area contributed by atoms with Crippen LogP contribution in [0, 0.1) is 0 Å². The predicted octanol–water partition coefficient (Wildman–Crippen LogP) is 3.45. The molecule has 0 fully saturated rings. The van der Waals surface area contributed by atoms with Gasteiger partial charge in [-0.25, -0.2) is 14.8 Å². The molecule has 9 heteroatoms. The fourth-order valence-corrected chi connectivity index (χ4v) is 2.36. The third-order valence-corrected chi connectivity index (χ3v) is 3.83. The van der Waals surface area contributed by atoms with Crippen molar-refractivity contribution in [1.29, 1.82) is 0 Å². The zero-order chi connectivity index (χ0) is 19.9. The number of amides is 3. The normalized spacial score (nSPS) is 10.2. The van der Waals surface area contributed by atoms with Crippen molar-refractivity contribution in [3.63, 3.8) is 0 Å². The number of hydrogen-bond acceptors (Lipinski definition) is 5. The summed E-state index contributed by atoms with van der Waals surface area (Å²) < 4.78 is 5.61. The van der Waals surface area contributed by atoms with Crippen molar-refractivity contribution in [2.45, 2.75) is 6.61 Å². The molecule has 0 atom stereocenters. The second-order valence-corrected chi connectivity index (χ2v) is 6.09. The molecular formula is C19H16ClN5O3. The molecule has 0 spiro atoms. The van der Waals surface area contributed by atoms with Gasteiger partial charge in [-0.3, -0.25) is 4.79 Å². The van der Waals surface area contributed by atoms with Crippen molar-refractivity contribution in [3.8, 4) is 5.75 Å². The summed E-state index contributed by atoms with van der Waals surface area (Å²) >= 11 is 5.81. The van der Waals surface area contributed by atoms with Gasteiger partial charge >= 0.3 is 6.03 Å². The minimum absolute atomic E-state index is 0.125. The molecular weight excluding hydrogens is 382 g/mol. The van der Waals surface area contributed by atoms with Crippen LogP contribution in [0.25, 0.3) is 0 Å². The summed E-state index contributed by atoms with van der Waals surface area (Å²) in [5.74, 6) is -0.0566. The van der Waals surface area contributed by atoms with Crippen LogP contribution in [0.3, 0.4) is 0 Å². The van der Waals surface area contributed by atoms with E-state index in [0.29, 0.717) is 27.8 Å². The molecule has 3 rings (SSSR count). The highest BCUT2D eigenvalue weighted by Gasteiger charge is 2.06. The van der Waals surface area contributed by atoms with Gasteiger partial charge in [0.25, 0.3) is 5.91 Å². The number of urea groups is 1. The van der Waals surface area contributed by atoms with Crippen molar-refractivity contribution < 1.29 is 14.3 Å². The zero-order valence-corrected chi connectivity index (χ0v) is 15.3. The van der Waals surface area contributed by atoms with Crippen molar-refractivity contribution in [1.82, 2.24) is 9.97 Å². The topological polar surface area (TPSA) is 119 Å². The highest BCUT2D eigenvalue weighted by molar-refractivity contribution is 6.30. The lowest BCUT2D eigenvalue weighted by molar-refractivity contribution is 0.0995. The van der Waals surface area contributed by atoms with Gasteiger partial charge in [0.1, 0.15) is 24.4 Å². The van der Waals surface area contributed by atoms with Crippen LogP contribution in [0.1, 0.15) is 16.2 Å². The summed E-state index contributed by atoms with van der Waals surface area (Å²) in [7, 11) is 0. The summed E-state index contributed by atoms with van der Waals surface area (Å²) in [6, 6.07) is 14.7. The maximum atomic E-state index is 12.0. The first-order valence-corrected chi connectivity index (χ1v) is 8.54. The van der Waals surface area contributed by atoms with E-state index in [1.165, 1.54) is 12.4 Å². The van der Waals surface area contributed by atoms with Gasteiger partial charge < -0.3 is 21.1 Å². The van der Waals surface area contributed by atoms with Crippen LogP contribution in [0.5, 0.6) is 5.75 Å². The van der Waals surface area contributed by atoms with E-state index < -0.39 is 5.91 Å². The van der Waals surface area contributed by atoms with Crippen LogP contribution >= 0.6 is 11.6 Å². The summed E-state index contributed by atoms with van der Waals surface area (Å²) in [5, 5.41) is 6.01. The third kappa shape index (κ3) is 5.42. The molecule has 0 radical (unpaired) electrons. The first-order chi connectivity index (χ1) is 13.5. The second-order valence-electron chi connectivity index (χ2n) is 5.66. The van der Waals surface area contributed by atoms with Crippen LogP contribution in [0.4, 0.5) is 16.2 Å². The van der Waals surface area contributed by atoms with E-state index in [9.17, 15) is 9.59 Å². The van der Waals surface area contributed by atoms with Crippen LogP contribution in [-0.4, -0.2) is 21.9 Å². The van der Waals surface area contributed by atoms with Crippen molar-refractivity contribution in [3.05, 3.63) is 77.3 Å². The lowest BCUT2D eigenvalue weighted by Crippen LogP contribution is -2.19. The molecule has 1 aromatic heterocycles. The quantitative estimate of drug-likeness (QED) is 0.588. The fourth-order valence-electron chi connectivity index (χ4n) is 2.23. The number of carbonyl (C=O) groups is 2. The Hall–Kier alpha value is -3.65. The zero-order valence-electron chi connectivity index (χ0n) is 14.6. The molecule has 8 nitrogen and oxygen atoms in total.